The van der Waals surface area contributed by atoms with Crippen molar-refractivity contribution in [1.82, 2.24) is 4.90 Å². The largest absolute Gasteiger partial charge is 0.368 e. The quantitative estimate of drug-likeness (QED) is 0.806. The van der Waals surface area contributed by atoms with Gasteiger partial charge in [0.2, 0.25) is 5.91 Å². The summed E-state index contributed by atoms with van der Waals surface area (Å²) >= 11 is 0. The van der Waals surface area contributed by atoms with Crippen LogP contribution >= 0.6 is 0 Å². The molecule has 0 bridgehead atoms. The van der Waals surface area contributed by atoms with E-state index in [1.165, 1.54) is 5.56 Å². The van der Waals surface area contributed by atoms with Gasteiger partial charge in [0.15, 0.2) is 5.78 Å². The zero-order valence-corrected chi connectivity index (χ0v) is 14.9. The lowest BCUT2D eigenvalue weighted by Gasteiger charge is -2.36. The highest BCUT2D eigenvalue weighted by molar-refractivity contribution is 5.94. The summed E-state index contributed by atoms with van der Waals surface area (Å²) < 4.78 is 0. The van der Waals surface area contributed by atoms with Crippen molar-refractivity contribution in [1.29, 1.82) is 0 Å². The Kier molecular flexibility index (Phi) is 5.17. The molecule has 0 aliphatic carbocycles. The van der Waals surface area contributed by atoms with E-state index >= 15 is 0 Å². The zero-order valence-electron chi connectivity index (χ0n) is 14.9. The molecule has 1 heterocycles. The number of piperazine rings is 1. The van der Waals surface area contributed by atoms with Gasteiger partial charge >= 0.3 is 0 Å². The molecule has 0 aromatic heterocycles. The van der Waals surface area contributed by atoms with Gasteiger partial charge in [-0.25, -0.2) is 0 Å². The first-order valence-corrected chi connectivity index (χ1v) is 8.72. The molecule has 1 aliphatic rings. The second-order valence-electron chi connectivity index (χ2n) is 6.64. The molecule has 25 heavy (non-hydrogen) atoms. The fourth-order valence-corrected chi connectivity index (χ4v) is 3.23. The molecule has 4 nitrogen and oxygen atoms in total. The number of rotatable bonds is 4. The molecule has 0 unspecified atom stereocenters. The monoisotopic (exact) mass is 336 g/mol. The lowest BCUT2D eigenvalue weighted by atomic mass is 10.1. The molecule has 0 spiro atoms. The summed E-state index contributed by atoms with van der Waals surface area (Å²) in [4.78, 5) is 28.1. The van der Waals surface area contributed by atoms with Gasteiger partial charge in [-0.3, -0.25) is 9.59 Å². The number of aryl methyl sites for hydroxylation is 1. The third kappa shape index (κ3) is 4.27. The Bertz CT molecular complexity index is 760. The lowest BCUT2D eigenvalue weighted by Crippen LogP contribution is -2.49. The van der Waals surface area contributed by atoms with Gasteiger partial charge < -0.3 is 9.80 Å². The van der Waals surface area contributed by atoms with Crippen LogP contribution in [0.3, 0.4) is 0 Å². The van der Waals surface area contributed by atoms with Crippen LogP contribution in [0.15, 0.2) is 48.5 Å². The molecule has 2 aromatic rings. The standard InChI is InChI=1S/C21H24N2O2/c1-16-4-3-5-18(14-16)15-21(25)23-12-10-22(11-13-23)20-8-6-19(7-9-20)17(2)24/h3-9,14H,10-13,15H2,1-2H3. The van der Waals surface area contributed by atoms with E-state index in [1.54, 1.807) is 6.92 Å². The highest BCUT2D eigenvalue weighted by Gasteiger charge is 2.21. The van der Waals surface area contributed by atoms with Gasteiger partial charge in [-0.05, 0) is 43.7 Å². The van der Waals surface area contributed by atoms with E-state index < -0.39 is 0 Å². The van der Waals surface area contributed by atoms with Crippen LogP contribution in [0.1, 0.15) is 28.4 Å². The fourth-order valence-electron chi connectivity index (χ4n) is 3.23. The number of carbonyl (C=O) groups excluding carboxylic acids is 2. The minimum absolute atomic E-state index is 0.0816. The molecule has 0 N–H and O–H groups in total. The topological polar surface area (TPSA) is 40.6 Å². The van der Waals surface area contributed by atoms with Gasteiger partial charge in [0, 0.05) is 37.4 Å². The van der Waals surface area contributed by atoms with Crippen LogP contribution in [0.25, 0.3) is 0 Å². The van der Waals surface area contributed by atoms with Crippen molar-refractivity contribution >= 4 is 17.4 Å². The van der Waals surface area contributed by atoms with Crippen LogP contribution in [-0.4, -0.2) is 42.8 Å². The van der Waals surface area contributed by atoms with Crippen molar-refractivity contribution in [2.24, 2.45) is 0 Å². The Balaban J connectivity index is 1.56. The second kappa shape index (κ2) is 7.51. The van der Waals surface area contributed by atoms with E-state index in [0.717, 1.165) is 43.0 Å². The number of carbonyl (C=O) groups is 2. The van der Waals surface area contributed by atoms with Crippen LogP contribution < -0.4 is 4.90 Å². The first-order valence-electron chi connectivity index (χ1n) is 8.72. The zero-order chi connectivity index (χ0) is 17.8. The highest BCUT2D eigenvalue weighted by Crippen LogP contribution is 2.18. The van der Waals surface area contributed by atoms with Crippen LogP contribution in [0.4, 0.5) is 5.69 Å². The molecule has 0 atom stereocenters. The lowest BCUT2D eigenvalue weighted by molar-refractivity contribution is -0.130. The number of hydrogen-bond acceptors (Lipinski definition) is 3. The first kappa shape index (κ1) is 17.2. The molecule has 1 aliphatic heterocycles. The van der Waals surface area contributed by atoms with E-state index in [0.29, 0.717) is 6.42 Å². The van der Waals surface area contributed by atoms with Gasteiger partial charge in [-0.2, -0.15) is 0 Å². The summed E-state index contributed by atoms with van der Waals surface area (Å²) in [7, 11) is 0. The Hall–Kier alpha value is -2.62. The minimum Gasteiger partial charge on any atom is -0.368 e. The number of Topliss-reactive ketones (excluding diaryl/α,β-unsaturated/α-hetero) is 1. The number of hydrogen-bond donors (Lipinski definition) is 0. The minimum atomic E-state index is 0.0816. The maximum atomic E-state index is 12.5. The molecule has 1 saturated heterocycles. The molecule has 1 amide bonds. The Labute approximate surface area is 149 Å². The molecular weight excluding hydrogens is 312 g/mol. The first-order chi connectivity index (χ1) is 12.0. The third-order valence-electron chi connectivity index (χ3n) is 4.71. The third-order valence-corrected chi connectivity index (χ3v) is 4.71. The van der Waals surface area contributed by atoms with Crippen molar-refractivity contribution in [2.75, 3.05) is 31.1 Å². The molecule has 130 valence electrons. The number of anilines is 1. The Morgan fingerprint density at radius 2 is 1.64 bits per heavy atom. The van der Waals surface area contributed by atoms with Crippen LogP contribution in [0, 0.1) is 6.92 Å². The predicted octanol–water partition coefficient (Wildman–Crippen LogP) is 3.09. The molecule has 0 saturated carbocycles. The summed E-state index contributed by atoms with van der Waals surface area (Å²) in [5.41, 5.74) is 4.10. The van der Waals surface area contributed by atoms with Crippen LogP contribution in [-0.2, 0) is 11.2 Å². The van der Waals surface area contributed by atoms with Crippen LogP contribution in [0.5, 0.6) is 0 Å². The smallest absolute Gasteiger partial charge is 0.227 e. The number of amides is 1. The van der Waals surface area contributed by atoms with E-state index in [2.05, 4.69) is 11.0 Å². The van der Waals surface area contributed by atoms with Gasteiger partial charge in [0.05, 0.1) is 6.42 Å². The normalized spacial score (nSPS) is 14.5. The Morgan fingerprint density at radius 1 is 0.960 bits per heavy atom. The summed E-state index contributed by atoms with van der Waals surface area (Å²) in [6, 6.07) is 15.8. The molecular formula is C21H24N2O2. The molecule has 0 radical (unpaired) electrons. The van der Waals surface area contributed by atoms with Gasteiger partial charge in [0.25, 0.3) is 0 Å². The second-order valence-corrected chi connectivity index (χ2v) is 6.64. The maximum absolute atomic E-state index is 12.5. The summed E-state index contributed by atoms with van der Waals surface area (Å²) in [5.74, 6) is 0.273. The maximum Gasteiger partial charge on any atom is 0.227 e. The van der Waals surface area contributed by atoms with Crippen LogP contribution in [0.2, 0.25) is 0 Å². The molecule has 1 fully saturated rings. The predicted molar refractivity (Wildman–Crippen MR) is 100 cm³/mol. The summed E-state index contributed by atoms with van der Waals surface area (Å²) in [5, 5.41) is 0. The van der Waals surface area contributed by atoms with E-state index in [9.17, 15) is 9.59 Å². The van der Waals surface area contributed by atoms with Gasteiger partial charge in [-0.1, -0.05) is 29.8 Å². The number of nitrogens with zero attached hydrogens (tertiary/aromatic N) is 2. The van der Waals surface area contributed by atoms with Crippen molar-refractivity contribution in [2.45, 2.75) is 20.3 Å². The number of benzene rings is 2. The van der Waals surface area contributed by atoms with E-state index in [1.807, 2.05) is 54.3 Å². The van der Waals surface area contributed by atoms with Crippen molar-refractivity contribution in [3.63, 3.8) is 0 Å². The average molecular weight is 336 g/mol. The highest BCUT2D eigenvalue weighted by atomic mass is 16.2. The van der Waals surface area contributed by atoms with Gasteiger partial charge in [-0.15, -0.1) is 0 Å². The van der Waals surface area contributed by atoms with Crippen molar-refractivity contribution in [3.8, 4) is 0 Å². The molecule has 4 heteroatoms. The number of ketones is 1. The fraction of sp³-hybridized carbons (Fsp3) is 0.333. The van der Waals surface area contributed by atoms with E-state index in [4.69, 9.17) is 0 Å². The summed E-state index contributed by atoms with van der Waals surface area (Å²) in [6.07, 6.45) is 0.467. The Morgan fingerprint density at radius 3 is 2.24 bits per heavy atom. The molecule has 3 rings (SSSR count). The average Bonchev–Trinajstić information content (AvgIpc) is 2.62. The van der Waals surface area contributed by atoms with Crippen molar-refractivity contribution < 1.29 is 9.59 Å². The molecule has 2 aromatic carbocycles. The summed E-state index contributed by atoms with van der Waals surface area (Å²) in [6.45, 7) is 6.73. The van der Waals surface area contributed by atoms with Gasteiger partial charge in [0.1, 0.15) is 0 Å². The van der Waals surface area contributed by atoms with E-state index in [-0.39, 0.29) is 11.7 Å². The van der Waals surface area contributed by atoms with Crippen molar-refractivity contribution in [3.05, 3.63) is 65.2 Å². The SMILES string of the molecule is CC(=O)c1ccc(N2CCN(C(=O)Cc3cccc(C)c3)CC2)cc1.